The molecule has 1 saturated carbocycles. The molecule has 0 aliphatic heterocycles. The SMILES string of the molecule is O=C(O)C1CCC(c2ncn3ccncc23)CC1. The smallest absolute Gasteiger partial charge is 0.306 e. The van der Waals surface area contributed by atoms with E-state index in [4.69, 9.17) is 5.11 Å². The Labute approximate surface area is 104 Å². The average Bonchev–Trinajstić information content (AvgIpc) is 2.82. The van der Waals surface area contributed by atoms with Crippen LogP contribution in [0.1, 0.15) is 37.3 Å². The quantitative estimate of drug-likeness (QED) is 0.879. The number of imidazole rings is 1. The van der Waals surface area contributed by atoms with E-state index in [9.17, 15) is 4.79 Å². The summed E-state index contributed by atoms with van der Waals surface area (Å²) in [5, 5.41) is 9.00. The number of aromatic nitrogens is 3. The minimum atomic E-state index is -0.662. The zero-order chi connectivity index (χ0) is 12.5. The molecular weight excluding hydrogens is 230 g/mol. The second-order valence-corrected chi connectivity index (χ2v) is 4.89. The van der Waals surface area contributed by atoms with E-state index in [0.29, 0.717) is 5.92 Å². The molecule has 1 aliphatic rings. The molecule has 1 fully saturated rings. The first-order valence-corrected chi connectivity index (χ1v) is 6.25. The van der Waals surface area contributed by atoms with E-state index in [1.54, 1.807) is 12.5 Å². The van der Waals surface area contributed by atoms with Crippen LogP contribution in [0.4, 0.5) is 0 Å². The van der Waals surface area contributed by atoms with Crippen molar-refractivity contribution in [1.29, 1.82) is 0 Å². The van der Waals surface area contributed by atoms with Crippen LogP contribution >= 0.6 is 0 Å². The summed E-state index contributed by atoms with van der Waals surface area (Å²) in [5.41, 5.74) is 2.10. The highest BCUT2D eigenvalue weighted by Gasteiger charge is 2.28. The van der Waals surface area contributed by atoms with Crippen LogP contribution in [-0.4, -0.2) is 25.4 Å². The summed E-state index contributed by atoms with van der Waals surface area (Å²) in [5.74, 6) is -0.465. The molecule has 0 amide bonds. The molecule has 1 aliphatic carbocycles. The molecule has 0 spiro atoms. The van der Waals surface area contributed by atoms with E-state index in [0.717, 1.165) is 36.9 Å². The van der Waals surface area contributed by atoms with E-state index in [2.05, 4.69) is 9.97 Å². The molecule has 0 aromatic carbocycles. The predicted octanol–water partition coefficient (Wildman–Crippen LogP) is 2.09. The summed E-state index contributed by atoms with van der Waals surface area (Å²) < 4.78 is 1.96. The van der Waals surface area contributed by atoms with Crippen molar-refractivity contribution in [2.24, 2.45) is 5.92 Å². The lowest BCUT2D eigenvalue weighted by Gasteiger charge is -2.24. The fourth-order valence-electron chi connectivity index (χ4n) is 2.79. The first kappa shape index (κ1) is 11.2. The minimum absolute atomic E-state index is 0.173. The number of aliphatic carboxylic acids is 1. The Bertz CT molecular complexity index is 570. The van der Waals surface area contributed by atoms with Gasteiger partial charge in [-0.15, -0.1) is 0 Å². The maximum atomic E-state index is 10.9. The summed E-state index contributed by atoms with van der Waals surface area (Å²) in [6.07, 6.45) is 10.5. The van der Waals surface area contributed by atoms with Gasteiger partial charge >= 0.3 is 5.97 Å². The normalized spacial score (nSPS) is 24.2. The number of carboxylic acids is 1. The molecule has 18 heavy (non-hydrogen) atoms. The summed E-state index contributed by atoms with van der Waals surface area (Å²) in [6.45, 7) is 0. The van der Waals surface area contributed by atoms with Gasteiger partial charge in [-0.2, -0.15) is 0 Å². The molecule has 5 heteroatoms. The number of carboxylic acid groups (broad SMARTS) is 1. The van der Waals surface area contributed by atoms with Crippen molar-refractivity contribution in [2.45, 2.75) is 31.6 Å². The van der Waals surface area contributed by atoms with Crippen LogP contribution in [0.15, 0.2) is 24.9 Å². The second-order valence-electron chi connectivity index (χ2n) is 4.89. The third-order valence-electron chi connectivity index (χ3n) is 3.84. The van der Waals surface area contributed by atoms with Gasteiger partial charge in [-0.3, -0.25) is 9.78 Å². The molecule has 5 nitrogen and oxygen atoms in total. The highest BCUT2D eigenvalue weighted by atomic mass is 16.4. The largest absolute Gasteiger partial charge is 0.481 e. The molecule has 0 bridgehead atoms. The molecule has 2 heterocycles. The maximum absolute atomic E-state index is 10.9. The van der Waals surface area contributed by atoms with Gasteiger partial charge in [0.15, 0.2) is 0 Å². The van der Waals surface area contributed by atoms with Gasteiger partial charge in [-0.1, -0.05) is 0 Å². The van der Waals surface area contributed by atoms with Gasteiger partial charge in [0.25, 0.3) is 0 Å². The zero-order valence-corrected chi connectivity index (χ0v) is 9.99. The number of fused-ring (bicyclic) bond motifs is 1. The van der Waals surface area contributed by atoms with E-state index >= 15 is 0 Å². The van der Waals surface area contributed by atoms with Crippen LogP contribution in [0.5, 0.6) is 0 Å². The van der Waals surface area contributed by atoms with Crippen molar-refractivity contribution < 1.29 is 9.90 Å². The standard InChI is InChI=1S/C13H15N3O2/c17-13(18)10-3-1-9(2-4-10)12-11-7-14-5-6-16(11)8-15-12/h5-10H,1-4H2,(H,17,18). The second kappa shape index (κ2) is 4.40. The highest BCUT2D eigenvalue weighted by Crippen LogP contribution is 2.36. The monoisotopic (exact) mass is 245 g/mol. The van der Waals surface area contributed by atoms with E-state index in [1.165, 1.54) is 0 Å². The number of nitrogens with zero attached hydrogens (tertiary/aromatic N) is 3. The van der Waals surface area contributed by atoms with E-state index < -0.39 is 5.97 Å². The van der Waals surface area contributed by atoms with E-state index in [-0.39, 0.29) is 5.92 Å². The van der Waals surface area contributed by atoms with Gasteiger partial charge in [0.1, 0.15) is 0 Å². The molecular formula is C13H15N3O2. The molecule has 94 valence electrons. The Morgan fingerprint density at radius 3 is 2.83 bits per heavy atom. The predicted molar refractivity (Wildman–Crippen MR) is 65.3 cm³/mol. The van der Waals surface area contributed by atoms with Crippen molar-refractivity contribution >= 4 is 11.5 Å². The lowest BCUT2D eigenvalue weighted by Crippen LogP contribution is -2.20. The summed E-state index contributed by atoms with van der Waals surface area (Å²) >= 11 is 0. The van der Waals surface area contributed by atoms with Crippen molar-refractivity contribution in [1.82, 2.24) is 14.4 Å². The van der Waals surface area contributed by atoms with Crippen molar-refractivity contribution in [3.05, 3.63) is 30.6 Å². The molecule has 0 atom stereocenters. The van der Waals surface area contributed by atoms with Crippen LogP contribution in [0, 0.1) is 5.92 Å². The van der Waals surface area contributed by atoms with Crippen LogP contribution in [0.2, 0.25) is 0 Å². The Morgan fingerprint density at radius 2 is 2.11 bits per heavy atom. The number of rotatable bonds is 2. The lowest BCUT2D eigenvalue weighted by molar-refractivity contribution is -0.142. The van der Waals surface area contributed by atoms with Crippen LogP contribution in [0.25, 0.3) is 5.52 Å². The first-order chi connectivity index (χ1) is 8.75. The van der Waals surface area contributed by atoms with Crippen LogP contribution in [0.3, 0.4) is 0 Å². The minimum Gasteiger partial charge on any atom is -0.481 e. The molecule has 0 radical (unpaired) electrons. The first-order valence-electron chi connectivity index (χ1n) is 6.25. The molecule has 1 N–H and O–H groups in total. The number of carbonyl (C=O) groups is 1. The number of hydrogen-bond donors (Lipinski definition) is 1. The molecule has 0 unspecified atom stereocenters. The van der Waals surface area contributed by atoms with Gasteiger partial charge in [0.05, 0.1) is 29.7 Å². The number of hydrogen-bond acceptors (Lipinski definition) is 3. The van der Waals surface area contributed by atoms with Crippen LogP contribution in [-0.2, 0) is 4.79 Å². The fourth-order valence-corrected chi connectivity index (χ4v) is 2.79. The van der Waals surface area contributed by atoms with Crippen molar-refractivity contribution in [3.8, 4) is 0 Å². The molecule has 2 aromatic rings. The Morgan fingerprint density at radius 1 is 1.33 bits per heavy atom. The highest BCUT2D eigenvalue weighted by molar-refractivity contribution is 5.70. The Balaban J connectivity index is 1.82. The Hall–Kier alpha value is -1.91. The average molecular weight is 245 g/mol. The van der Waals surface area contributed by atoms with Crippen molar-refractivity contribution in [2.75, 3.05) is 0 Å². The van der Waals surface area contributed by atoms with Gasteiger partial charge in [0, 0.05) is 18.3 Å². The molecule has 2 aromatic heterocycles. The summed E-state index contributed by atoms with van der Waals surface area (Å²) in [4.78, 5) is 19.5. The fraction of sp³-hybridized carbons (Fsp3) is 0.462. The summed E-state index contributed by atoms with van der Waals surface area (Å²) in [7, 11) is 0. The lowest BCUT2D eigenvalue weighted by atomic mass is 9.80. The maximum Gasteiger partial charge on any atom is 0.306 e. The third-order valence-corrected chi connectivity index (χ3v) is 3.84. The van der Waals surface area contributed by atoms with Gasteiger partial charge in [-0.25, -0.2) is 4.98 Å². The Kier molecular flexibility index (Phi) is 2.74. The van der Waals surface area contributed by atoms with E-state index in [1.807, 2.05) is 16.8 Å². The zero-order valence-electron chi connectivity index (χ0n) is 9.99. The van der Waals surface area contributed by atoms with Gasteiger partial charge < -0.3 is 9.51 Å². The third kappa shape index (κ3) is 1.85. The van der Waals surface area contributed by atoms with Gasteiger partial charge in [0.2, 0.25) is 0 Å². The molecule has 3 rings (SSSR count). The summed E-state index contributed by atoms with van der Waals surface area (Å²) in [6, 6.07) is 0. The van der Waals surface area contributed by atoms with Gasteiger partial charge in [-0.05, 0) is 25.7 Å². The molecule has 0 saturated heterocycles. The van der Waals surface area contributed by atoms with Crippen LogP contribution < -0.4 is 0 Å². The topological polar surface area (TPSA) is 67.5 Å². The van der Waals surface area contributed by atoms with Crippen molar-refractivity contribution in [3.63, 3.8) is 0 Å².